The van der Waals surface area contributed by atoms with E-state index in [1.807, 2.05) is 25.1 Å². The molecule has 2 heterocycles. The Kier molecular flexibility index (Phi) is 6.06. The zero-order chi connectivity index (χ0) is 19.4. The molecule has 0 bridgehead atoms. The van der Waals surface area contributed by atoms with E-state index in [0.29, 0.717) is 0 Å². The first kappa shape index (κ1) is 19.3. The van der Waals surface area contributed by atoms with E-state index < -0.39 is 5.97 Å². The molecule has 0 radical (unpaired) electrons. The van der Waals surface area contributed by atoms with Crippen LogP contribution in [0.15, 0.2) is 30.3 Å². The van der Waals surface area contributed by atoms with Gasteiger partial charge in [-0.15, -0.1) is 0 Å². The SMILES string of the molecule is CC(=O)N(CC(=O)O)[C@@H]1CCCN(Cc2cc(C)nc3ccccc23)CC1. The highest BCUT2D eigenvalue weighted by Crippen LogP contribution is 2.23. The smallest absolute Gasteiger partial charge is 0.323 e. The first-order valence-corrected chi connectivity index (χ1v) is 9.50. The summed E-state index contributed by atoms with van der Waals surface area (Å²) >= 11 is 0. The van der Waals surface area contributed by atoms with Gasteiger partial charge in [0, 0.05) is 37.1 Å². The number of aliphatic carboxylic acids is 1. The van der Waals surface area contributed by atoms with Crippen LogP contribution in [0.5, 0.6) is 0 Å². The second-order valence-corrected chi connectivity index (χ2v) is 7.34. The fourth-order valence-corrected chi connectivity index (χ4v) is 4.02. The van der Waals surface area contributed by atoms with Gasteiger partial charge >= 0.3 is 5.97 Å². The lowest BCUT2D eigenvalue weighted by molar-refractivity contribution is -0.145. The summed E-state index contributed by atoms with van der Waals surface area (Å²) in [6.45, 7) is 5.90. The molecule has 1 atom stereocenters. The van der Waals surface area contributed by atoms with E-state index in [1.54, 1.807) is 0 Å². The zero-order valence-corrected chi connectivity index (χ0v) is 16.0. The van der Waals surface area contributed by atoms with Crippen molar-refractivity contribution in [3.8, 4) is 0 Å². The van der Waals surface area contributed by atoms with E-state index in [1.165, 1.54) is 22.8 Å². The van der Waals surface area contributed by atoms with E-state index in [-0.39, 0.29) is 18.5 Å². The maximum absolute atomic E-state index is 11.9. The highest BCUT2D eigenvalue weighted by Gasteiger charge is 2.26. The number of aryl methyl sites for hydroxylation is 1. The van der Waals surface area contributed by atoms with Gasteiger partial charge in [-0.3, -0.25) is 19.5 Å². The Morgan fingerprint density at radius 1 is 1.26 bits per heavy atom. The second-order valence-electron chi connectivity index (χ2n) is 7.34. The Balaban J connectivity index is 1.72. The quantitative estimate of drug-likeness (QED) is 0.877. The molecule has 0 saturated carbocycles. The number of aromatic nitrogens is 1. The normalized spacial score (nSPS) is 18.2. The number of nitrogens with zero attached hydrogens (tertiary/aromatic N) is 3. The molecule has 1 amide bonds. The van der Waals surface area contributed by atoms with E-state index in [4.69, 9.17) is 5.11 Å². The van der Waals surface area contributed by atoms with Crippen molar-refractivity contribution in [2.24, 2.45) is 0 Å². The van der Waals surface area contributed by atoms with E-state index in [0.717, 1.165) is 50.1 Å². The van der Waals surface area contributed by atoms with Gasteiger partial charge in [-0.05, 0) is 50.4 Å². The molecule has 6 nitrogen and oxygen atoms in total. The number of likely N-dealkylation sites (tertiary alicyclic amines) is 1. The number of para-hydroxylation sites is 1. The van der Waals surface area contributed by atoms with Gasteiger partial charge in [0.15, 0.2) is 0 Å². The maximum Gasteiger partial charge on any atom is 0.323 e. The van der Waals surface area contributed by atoms with E-state index >= 15 is 0 Å². The predicted octanol–water partition coefficient (Wildman–Crippen LogP) is 2.83. The minimum atomic E-state index is -0.954. The molecule has 144 valence electrons. The number of carbonyl (C=O) groups is 2. The largest absolute Gasteiger partial charge is 0.480 e. The first-order valence-electron chi connectivity index (χ1n) is 9.50. The Bertz CT molecular complexity index is 837. The van der Waals surface area contributed by atoms with Gasteiger partial charge < -0.3 is 10.0 Å². The molecule has 0 aliphatic carbocycles. The van der Waals surface area contributed by atoms with Gasteiger partial charge in [-0.25, -0.2) is 0 Å². The molecule has 1 saturated heterocycles. The Labute approximate surface area is 159 Å². The Morgan fingerprint density at radius 2 is 2.04 bits per heavy atom. The monoisotopic (exact) mass is 369 g/mol. The third-order valence-electron chi connectivity index (χ3n) is 5.26. The minimum absolute atomic E-state index is 0.000444. The number of carbonyl (C=O) groups excluding carboxylic acids is 1. The Morgan fingerprint density at radius 3 is 2.78 bits per heavy atom. The second kappa shape index (κ2) is 8.48. The van der Waals surface area contributed by atoms with Gasteiger partial charge in [-0.1, -0.05) is 18.2 Å². The van der Waals surface area contributed by atoms with Gasteiger partial charge in [0.1, 0.15) is 6.54 Å². The molecule has 1 aromatic carbocycles. The molecule has 1 N–H and O–H groups in total. The van der Waals surface area contributed by atoms with Crippen LogP contribution in [0.2, 0.25) is 0 Å². The van der Waals surface area contributed by atoms with Crippen molar-refractivity contribution in [1.82, 2.24) is 14.8 Å². The fourth-order valence-electron chi connectivity index (χ4n) is 4.02. The predicted molar refractivity (Wildman–Crippen MR) is 104 cm³/mol. The molecular formula is C21H27N3O3. The summed E-state index contributed by atoms with van der Waals surface area (Å²) in [5, 5.41) is 10.3. The molecule has 0 unspecified atom stereocenters. The summed E-state index contributed by atoms with van der Waals surface area (Å²) in [4.78, 5) is 31.5. The molecule has 27 heavy (non-hydrogen) atoms. The number of rotatable bonds is 5. The van der Waals surface area contributed by atoms with Gasteiger partial charge in [-0.2, -0.15) is 0 Å². The third kappa shape index (κ3) is 4.83. The lowest BCUT2D eigenvalue weighted by Crippen LogP contribution is -2.42. The number of hydrogen-bond acceptors (Lipinski definition) is 4. The van der Waals surface area contributed by atoms with E-state index in [9.17, 15) is 9.59 Å². The zero-order valence-electron chi connectivity index (χ0n) is 16.0. The van der Waals surface area contributed by atoms with Crippen LogP contribution in [0.4, 0.5) is 0 Å². The number of benzene rings is 1. The van der Waals surface area contributed by atoms with Crippen molar-refractivity contribution in [3.05, 3.63) is 41.6 Å². The van der Waals surface area contributed by atoms with Crippen LogP contribution >= 0.6 is 0 Å². The summed E-state index contributed by atoms with van der Waals surface area (Å²) in [5.41, 5.74) is 3.30. The average molecular weight is 369 g/mol. The maximum atomic E-state index is 11.9. The number of pyridine rings is 1. The van der Waals surface area contributed by atoms with Crippen LogP contribution in [0.3, 0.4) is 0 Å². The lowest BCUT2D eigenvalue weighted by atomic mass is 10.1. The number of fused-ring (bicyclic) bond motifs is 1. The van der Waals surface area contributed by atoms with Crippen LogP contribution in [0.25, 0.3) is 10.9 Å². The highest BCUT2D eigenvalue weighted by atomic mass is 16.4. The van der Waals surface area contributed by atoms with Crippen molar-refractivity contribution in [3.63, 3.8) is 0 Å². The van der Waals surface area contributed by atoms with Crippen molar-refractivity contribution in [2.45, 2.75) is 45.7 Å². The number of carboxylic acid groups (broad SMARTS) is 1. The fraction of sp³-hybridized carbons (Fsp3) is 0.476. The average Bonchev–Trinajstić information content (AvgIpc) is 2.84. The molecule has 1 aliphatic heterocycles. The van der Waals surface area contributed by atoms with Crippen LogP contribution < -0.4 is 0 Å². The summed E-state index contributed by atoms with van der Waals surface area (Å²) < 4.78 is 0. The van der Waals surface area contributed by atoms with Crippen LogP contribution in [0.1, 0.15) is 37.4 Å². The molecule has 2 aromatic rings. The van der Waals surface area contributed by atoms with Crippen molar-refractivity contribution in [2.75, 3.05) is 19.6 Å². The molecule has 1 aliphatic rings. The topological polar surface area (TPSA) is 73.7 Å². The Hall–Kier alpha value is -2.47. The first-order chi connectivity index (χ1) is 12.9. The van der Waals surface area contributed by atoms with Crippen LogP contribution in [-0.2, 0) is 16.1 Å². The summed E-state index contributed by atoms with van der Waals surface area (Å²) in [5.74, 6) is -1.11. The number of carboxylic acids is 1. The third-order valence-corrected chi connectivity index (χ3v) is 5.26. The molecular weight excluding hydrogens is 342 g/mol. The summed E-state index contributed by atoms with van der Waals surface area (Å²) in [6, 6.07) is 10.4. The number of hydrogen-bond donors (Lipinski definition) is 1. The van der Waals surface area contributed by atoms with Crippen LogP contribution in [-0.4, -0.2) is 57.4 Å². The summed E-state index contributed by atoms with van der Waals surface area (Å²) in [6.07, 6.45) is 2.60. The molecule has 0 spiro atoms. The van der Waals surface area contributed by atoms with Crippen LogP contribution in [0, 0.1) is 6.92 Å². The summed E-state index contributed by atoms with van der Waals surface area (Å²) in [7, 11) is 0. The van der Waals surface area contributed by atoms with Crippen molar-refractivity contribution in [1.29, 1.82) is 0 Å². The van der Waals surface area contributed by atoms with Gasteiger partial charge in [0.05, 0.1) is 5.52 Å². The van der Waals surface area contributed by atoms with Crippen molar-refractivity contribution < 1.29 is 14.7 Å². The van der Waals surface area contributed by atoms with Gasteiger partial charge in [0.25, 0.3) is 0 Å². The molecule has 1 fully saturated rings. The van der Waals surface area contributed by atoms with E-state index in [2.05, 4.69) is 22.0 Å². The molecule has 1 aromatic heterocycles. The standard InChI is InChI=1S/C21H27N3O3/c1-15-12-17(19-7-3-4-8-20(19)22-15)13-23-10-5-6-18(9-11-23)24(16(2)25)14-21(26)27/h3-4,7-8,12,18H,5-6,9-11,13-14H2,1-2H3,(H,26,27)/t18-/m1/s1. The lowest BCUT2D eigenvalue weighted by Gasteiger charge is -2.29. The van der Waals surface area contributed by atoms with Gasteiger partial charge in [0.2, 0.25) is 5.91 Å². The number of amides is 1. The minimum Gasteiger partial charge on any atom is -0.480 e. The molecule has 6 heteroatoms. The highest BCUT2D eigenvalue weighted by molar-refractivity contribution is 5.82. The van der Waals surface area contributed by atoms with Crippen molar-refractivity contribution >= 4 is 22.8 Å². The molecule has 3 rings (SSSR count).